The van der Waals surface area contributed by atoms with E-state index in [0.717, 1.165) is 11.3 Å². The number of halogens is 1. The summed E-state index contributed by atoms with van der Waals surface area (Å²) in [5.41, 5.74) is 0.869. The van der Waals surface area contributed by atoms with E-state index in [9.17, 15) is 4.79 Å². The zero-order valence-corrected chi connectivity index (χ0v) is 10.6. The van der Waals surface area contributed by atoms with Crippen molar-refractivity contribution in [1.29, 1.82) is 0 Å². The van der Waals surface area contributed by atoms with Gasteiger partial charge >= 0.3 is 0 Å². The van der Waals surface area contributed by atoms with Gasteiger partial charge in [0.25, 0.3) is 0 Å². The van der Waals surface area contributed by atoms with Gasteiger partial charge in [0.15, 0.2) is 5.78 Å². The highest BCUT2D eigenvalue weighted by atomic mass is 127. The summed E-state index contributed by atoms with van der Waals surface area (Å²) in [5.74, 6) is 1.20. The topological polar surface area (TPSA) is 26.3 Å². The van der Waals surface area contributed by atoms with Gasteiger partial charge in [-0.2, -0.15) is 0 Å². The highest BCUT2D eigenvalue weighted by molar-refractivity contribution is 14.1. The summed E-state index contributed by atoms with van der Waals surface area (Å²) < 4.78 is 6.09. The van der Waals surface area contributed by atoms with Gasteiger partial charge in [0.05, 0.1) is 0 Å². The van der Waals surface area contributed by atoms with Crippen LogP contribution in [0.2, 0.25) is 0 Å². The van der Waals surface area contributed by atoms with E-state index in [0.29, 0.717) is 3.92 Å². The van der Waals surface area contributed by atoms with Crippen molar-refractivity contribution in [2.75, 3.05) is 0 Å². The Morgan fingerprint density at radius 2 is 2.15 bits per heavy atom. The van der Waals surface area contributed by atoms with E-state index in [-0.39, 0.29) is 17.8 Å². The van der Waals surface area contributed by atoms with Crippen LogP contribution in [-0.4, -0.2) is 15.8 Å². The standard InChI is InChI=1S/C10H15IO2/c1-5-9(7(3)12)8(4)13-10(5)6(2)11/h5-6,10H,1-4H3/t5-,6-,10+/m1/s1. The summed E-state index contributed by atoms with van der Waals surface area (Å²) in [5, 5.41) is 0. The number of allylic oxidation sites excluding steroid dienone is 1. The fourth-order valence-electron chi connectivity index (χ4n) is 1.91. The molecule has 1 aliphatic rings. The van der Waals surface area contributed by atoms with E-state index < -0.39 is 0 Å². The maximum atomic E-state index is 11.3. The molecule has 0 aromatic rings. The number of hydrogen-bond acceptors (Lipinski definition) is 2. The molecule has 0 bridgehead atoms. The van der Waals surface area contributed by atoms with E-state index >= 15 is 0 Å². The molecule has 0 amide bonds. The maximum absolute atomic E-state index is 11.3. The maximum Gasteiger partial charge on any atom is 0.159 e. The molecule has 0 aliphatic carbocycles. The van der Waals surface area contributed by atoms with E-state index in [4.69, 9.17) is 4.74 Å². The van der Waals surface area contributed by atoms with Gasteiger partial charge in [0, 0.05) is 15.4 Å². The first-order chi connectivity index (χ1) is 5.95. The minimum atomic E-state index is 0.143. The molecule has 0 saturated heterocycles. The van der Waals surface area contributed by atoms with Gasteiger partial charge in [-0.25, -0.2) is 0 Å². The van der Waals surface area contributed by atoms with Gasteiger partial charge in [-0.15, -0.1) is 0 Å². The van der Waals surface area contributed by atoms with Crippen molar-refractivity contribution in [3.8, 4) is 0 Å². The second-order valence-corrected chi connectivity index (χ2v) is 5.54. The molecule has 1 heterocycles. The summed E-state index contributed by atoms with van der Waals surface area (Å²) in [6.07, 6.45) is 0.166. The second kappa shape index (κ2) is 3.98. The smallest absolute Gasteiger partial charge is 0.159 e. The largest absolute Gasteiger partial charge is 0.493 e. The summed E-state index contributed by atoms with van der Waals surface area (Å²) in [7, 11) is 0. The van der Waals surface area contributed by atoms with Crippen LogP contribution in [0.4, 0.5) is 0 Å². The van der Waals surface area contributed by atoms with Crippen molar-refractivity contribution >= 4 is 28.4 Å². The van der Waals surface area contributed by atoms with Crippen LogP contribution in [0.3, 0.4) is 0 Å². The van der Waals surface area contributed by atoms with Gasteiger partial charge < -0.3 is 4.74 Å². The Morgan fingerprint density at radius 1 is 1.62 bits per heavy atom. The zero-order chi connectivity index (χ0) is 10.2. The van der Waals surface area contributed by atoms with Gasteiger partial charge in [0.2, 0.25) is 0 Å². The van der Waals surface area contributed by atoms with Crippen molar-refractivity contribution in [1.82, 2.24) is 0 Å². The lowest BCUT2D eigenvalue weighted by molar-refractivity contribution is -0.114. The predicted octanol–water partition coefficient (Wildman–Crippen LogP) is 2.71. The molecule has 0 fully saturated rings. The molecule has 0 aromatic carbocycles. The summed E-state index contributed by atoms with van der Waals surface area (Å²) >= 11 is 2.34. The molecule has 1 aliphatic heterocycles. The Hall–Kier alpha value is -0.0600. The number of ether oxygens (including phenoxy) is 1. The third kappa shape index (κ3) is 2.06. The molecule has 74 valence electrons. The lowest BCUT2D eigenvalue weighted by atomic mass is 9.93. The van der Waals surface area contributed by atoms with Crippen LogP contribution in [-0.2, 0) is 9.53 Å². The first-order valence-corrected chi connectivity index (χ1v) is 5.72. The van der Waals surface area contributed by atoms with Crippen molar-refractivity contribution in [3.05, 3.63) is 11.3 Å². The van der Waals surface area contributed by atoms with Crippen molar-refractivity contribution < 1.29 is 9.53 Å². The fraction of sp³-hybridized carbons (Fsp3) is 0.700. The number of rotatable bonds is 2. The molecular weight excluding hydrogens is 279 g/mol. The fourth-order valence-corrected chi connectivity index (χ4v) is 2.68. The Morgan fingerprint density at radius 3 is 2.38 bits per heavy atom. The first kappa shape index (κ1) is 11.0. The molecule has 2 nitrogen and oxygen atoms in total. The predicted molar refractivity (Wildman–Crippen MR) is 60.9 cm³/mol. The van der Waals surface area contributed by atoms with Crippen LogP contribution in [0.1, 0.15) is 27.7 Å². The molecule has 13 heavy (non-hydrogen) atoms. The molecule has 0 radical (unpaired) electrons. The van der Waals surface area contributed by atoms with Crippen LogP contribution in [0.5, 0.6) is 0 Å². The lowest BCUT2D eigenvalue weighted by Crippen LogP contribution is -2.25. The van der Waals surface area contributed by atoms with Crippen LogP contribution in [0, 0.1) is 5.92 Å². The first-order valence-electron chi connectivity index (χ1n) is 4.47. The van der Waals surface area contributed by atoms with Crippen molar-refractivity contribution in [2.24, 2.45) is 5.92 Å². The molecular formula is C10H15IO2. The minimum absolute atomic E-state index is 0.143. The molecule has 0 saturated carbocycles. The summed E-state index contributed by atoms with van der Waals surface area (Å²) in [6.45, 7) is 7.66. The minimum Gasteiger partial charge on any atom is -0.493 e. The summed E-state index contributed by atoms with van der Waals surface area (Å²) in [4.78, 5) is 11.3. The highest BCUT2D eigenvalue weighted by Gasteiger charge is 2.36. The van der Waals surface area contributed by atoms with E-state index in [2.05, 4.69) is 36.4 Å². The van der Waals surface area contributed by atoms with Crippen molar-refractivity contribution in [3.63, 3.8) is 0 Å². The van der Waals surface area contributed by atoms with Crippen LogP contribution >= 0.6 is 22.6 Å². The van der Waals surface area contributed by atoms with Gasteiger partial charge in [-0.05, 0) is 20.8 Å². The number of ketones is 1. The Labute approximate surface area is 92.9 Å². The Balaban J connectivity index is 2.87. The molecule has 3 atom stereocenters. The van der Waals surface area contributed by atoms with Crippen LogP contribution in [0.25, 0.3) is 0 Å². The highest BCUT2D eigenvalue weighted by Crippen LogP contribution is 2.35. The van der Waals surface area contributed by atoms with Gasteiger partial charge in [0.1, 0.15) is 11.9 Å². The quantitative estimate of drug-likeness (QED) is 0.578. The number of alkyl halides is 1. The summed E-state index contributed by atoms with van der Waals surface area (Å²) in [6, 6.07) is 0. The Kier molecular flexibility index (Phi) is 3.38. The van der Waals surface area contributed by atoms with Crippen LogP contribution < -0.4 is 0 Å². The molecule has 0 N–H and O–H groups in total. The van der Waals surface area contributed by atoms with Gasteiger partial charge in [-0.3, -0.25) is 4.79 Å². The SMILES string of the molecule is CC(=O)C1=C(C)O[C@H]([C@@H](C)I)[C@@H]1C. The number of Topliss-reactive ketones (excluding diaryl/α,β-unsaturated/α-hetero) is 1. The number of carbonyl (C=O) groups excluding carboxylic acids is 1. The Bertz CT molecular complexity index is 256. The van der Waals surface area contributed by atoms with Gasteiger partial charge in [-0.1, -0.05) is 29.5 Å². The third-order valence-electron chi connectivity index (χ3n) is 2.47. The molecule has 0 aromatic heterocycles. The average molecular weight is 294 g/mol. The van der Waals surface area contributed by atoms with Crippen LogP contribution in [0.15, 0.2) is 11.3 Å². The monoisotopic (exact) mass is 294 g/mol. The second-order valence-electron chi connectivity index (χ2n) is 3.57. The van der Waals surface area contributed by atoms with E-state index in [1.807, 2.05) is 6.92 Å². The molecule has 0 spiro atoms. The van der Waals surface area contributed by atoms with E-state index in [1.165, 1.54) is 0 Å². The molecule has 0 unspecified atom stereocenters. The third-order valence-corrected chi connectivity index (χ3v) is 3.18. The lowest BCUT2D eigenvalue weighted by Gasteiger charge is -2.19. The van der Waals surface area contributed by atoms with E-state index in [1.54, 1.807) is 6.92 Å². The van der Waals surface area contributed by atoms with Crippen molar-refractivity contribution in [2.45, 2.75) is 37.7 Å². The number of carbonyl (C=O) groups is 1. The molecule has 3 heteroatoms. The normalized spacial score (nSPS) is 30.2. The zero-order valence-electron chi connectivity index (χ0n) is 8.43. The average Bonchev–Trinajstić information content (AvgIpc) is 2.26. The number of hydrogen-bond donors (Lipinski definition) is 0. The molecule has 1 rings (SSSR count).